The molecule has 0 radical (unpaired) electrons. The van der Waals surface area contributed by atoms with Gasteiger partial charge in [0.2, 0.25) is 0 Å². The zero-order valence-corrected chi connectivity index (χ0v) is 40.5. The van der Waals surface area contributed by atoms with Crippen LogP contribution in [0.2, 0.25) is 0 Å². The highest BCUT2D eigenvalue weighted by atomic mass is 31.2. The van der Waals surface area contributed by atoms with Crippen molar-refractivity contribution in [2.24, 2.45) is 5.73 Å². The molecule has 0 aliphatic heterocycles. The minimum Gasteiger partial charge on any atom is -0.480 e. The van der Waals surface area contributed by atoms with E-state index >= 15 is 0 Å². The first-order valence-corrected chi connectivity index (χ1v) is 26.1. The highest BCUT2D eigenvalue weighted by Crippen LogP contribution is 2.43. The maximum absolute atomic E-state index is 12.7. The zero-order valence-electron chi connectivity index (χ0n) is 39.6. The van der Waals surface area contributed by atoms with Gasteiger partial charge in [-0.1, -0.05) is 182 Å². The molecule has 0 aliphatic carbocycles. The largest absolute Gasteiger partial charge is 0.480 e. The average Bonchev–Trinajstić information content (AvgIpc) is 3.26. The number of carbonyl (C=O) groups excluding carboxylic acids is 1. The number of esters is 1. The summed E-state index contributed by atoms with van der Waals surface area (Å²) in [4.78, 5) is 33.7. The lowest BCUT2D eigenvalue weighted by Crippen LogP contribution is -2.34. The number of phosphoric ester groups is 1. The molecule has 0 fully saturated rings. The maximum Gasteiger partial charge on any atom is 0.472 e. The first-order chi connectivity index (χ1) is 30.7. The molecule has 0 aromatic rings. The average molecular weight is 904 g/mol. The van der Waals surface area contributed by atoms with E-state index in [0.717, 1.165) is 89.9 Å². The first kappa shape index (κ1) is 60.2. The van der Waals surface area contributed by atoms with Crippen molar-refractivity contribution in [2.75, 3.05) is 26.4 Å². The van der Waals surface area contributed by atoms with Crippen LogP contribution in [0.25, 0.3) is 0 Å². The second-order valence-corrected chi connectivity index (χ2v) is 17.7. The van der Waals surface area contributed by atoms with Crippen LogP contribution in [0, 0.1) is 0 Å². The van der Waals surface area contributed by atoms with E-state index < -0.39 is 45.1 Å². The molecule has 0 bridgehead atoms. The van der Waals surface area contributed by atoms with Gasteiger partial charge in [-0.25, -0.2) is 4.57 Å². The third-order valence-corrected chi connectivity index (χ3v) is 11.1. The Morgan fingerprint density at radius 2 is 0.921 bits per heavy atom. The van der Waals surface area contributed by atoms with Gasteiger partial charge >= 0.3 is 19.8 Å². The van der Waals surface area contributed by atoms with Crippen LogP contribution in [0.15, 0.2) is 85.1 Å². The lowest BCUT2D eigenvalue weighted by Gasteiger charge is -2.20. The van der Waals surface area contributed by atoms with E-state index in [4.69, 9.17) is 29.4 Å². The van der Waals surface area contributed by atoms with E-state index in [2.05, 4.69) is 98.9 Å². The summed E-state index contributed by atoms with van der Waals surface area (Å²) in [6.45, 7) is 3.71. The van der Waals surface area contributed by atoms with Gasteiger partial charge in [-0.05, 0) is 89.9 Å². The lowest BCUT2D eigenvalue weighted by molar-refractivity contribution is -0.154. The fourth-order valence-corrected chi connectivity index (χ4v) is 7.14. The van der Waals surface area contributed by atoms with Gasteiger partial charge < -0.3 is 25.2 Å². The third kappa shape index (κ3) is 46.9. The number of phosphoric acid groups is 1. The Balaban J connectivity index is 4.20. The van der Waals surface area contributed by atoms with Crippen LogP contribution in [-0.2, 0) is 32.7 Å². The van der Waals surface area contributed by atoms with Crippen molar-refractivity contribution in [2.45, 2.75) is 206 Å². The Labute approximate surface area is 384 Å². The van der Waals surface area contributed by atoms with Crippen molar-refractivity contribution in [3.05, 3.63) is 85.1 Å². The van der Waals surface area contributed by atoms with E-state index in [1.807, 2.05) is 0 Å². The molecule has 0 aliphatic rings. The number of hydrogen-bond donors (Lipinski definition) is 3. The van der Waals surface area contributed by atoms with Crippen molar-refractivity contribution >= 4 is 19.8 Å². The van der Waals surface area contributed by atoms with E-state index in [0.29, 0.717) is 13.0 Å². The Morgan fingerprint density at radius 3 is 1.38 bits per heavy atom. The number of hydrogen-bond acceptors (Lipinski definition) is 8. The topological polar surface area (TPSA) is 155 Å². The molecule has 4 N–H and O–H groups in total. The molecule has 0 heterocycles. The monoisotopic (exact) mass is 904 g/mol. The Morgan fingerprint density at radius 1 is 0.524 bits per heavy atom. The first-order valence-electron chi connectivity index (χ1n) is 24.6. The minimum absolute atomic E-state index is 0.00318. The molecule has 0 saturated heterocycles. The van der Waals surface area contributed by atoms with Gasteiger partial charge in [-0.2, -0.15) is 0 Å². The normalized spacial score (nSPS) is 14.5. The van der Waals surface area contributed by atoms with Crippen molar-refractivity contribution < 1.29 is 42.7 Å². The summed E-state index contributed by atoms with van der Waals surface area (Å²) in [6.07, 6.45) is 60.6. The second-order valence-electron chi connectivity index (χ2n) is 16.2. The number of allylic oxidation sites excluding steroid dienone is 14. The molecule has 362 valence electrons. The zero-order chi connectivity index (χ0) is 46.2. The van der Waals surface area contributed by atoms with Gasteiger partial charge in [-0.15, -0.1) is 0 Å². The summed E-state index contributed by atoms with van der Waals surface area (Å²) in [6, 6.07) is -1.48. The maximum atomic E-state index is 12.7. The van der Waals surface area contributed by atoms with Gasteiger partial charge in [0, 0.05) is 13.0 Å². The van der Waals surface area contributed by atoms with Gasteiger partial charge in [0.1, 0.15) is 12.1 Å². The van der Waals surface area contributed by atoms with Crippen molar-refractivity contribution in [1.82, 2.24) is 0 Å². The van der Waals surface area contributed by atoms with Gasteiger partial charge in [0.05, 0.1) is 19.8 Å². The molecule has 3 unspecified atom stereocenters. The summed E-state index contributed by atoms with van der Waals surface area (Å²) in [5.41, 5.74) is 5.37. The van der Waals surface area contributed by atoms with Crippen molar-refractivity contribution in [3.8, 4) is 0 Å². The Kier molecular flexibility index (Phi) is 45.0. The molecule has 3 atom stereocenters. The molecule has 11 heteroatoms. The van der Waals surface area contributed by atoms with E-state index in [9.17, 15) is 19.0 Å². The van der Waals surface area contributed by atoms with Crippen LogP contribution in [0.4, 0.5) is 0 Å². The number of nitrogens with two attached hydrogens (primary N) is 1. The molecule has 0 amide bonds. The highest BCUT2D eigenvalue weighted by Gasteiger charge is 2.27. The highest BCUT2D eigenvalue weighted by molar-refractivity contribution is 7.47. The van der Waals surface area contributed by atoms with Crippen LogP contribution in [0.5, 0.6) is 0 Å². The number of carboxylic acid groups (broad SMARTS) is 1. The Bertz CT molecular complexity index is 1320. The Hall–Kier alpha value is -2.85. The van der Waals surface area contributed by atoms with Gasteiger partial charge in [0.25, 0.3) is 0 Å². The van der Waals surface area contributed by atoms with Crippen LogP contribution in [0.1, 0.15) is 194 Å². The predicted molar refractivity (Wildman–Crippen MR) is 263 cm³/mol. The third-order valence-electron chi connectivity index (χ3n) is 10.2. The van der Waals surface area contributed by atoms with E-state index in [-0.39, 0.29) is 13.0 Å². The van der Waals surface area contributed by atoms with E-state index in [1.54, 1.807) is 0 Å². The number of carboxylic acids is 1. The summed E-state index contributed by atoms with van der Waals surface area (Å²) in [5, 5.41) is 8.92. The van der Waals surface area contributed by atoms with E-state index in [1.165, 1.54) is 77.0 Å². The van der Waals surface area contributed by atoms with Crippen LogP contribution >= 0.6 is 7.82 Å². The lowest BCUT2D eigenvalue weighted by atomic mass is 10.1. The SMILES string of the molecule is CC/C=C\C/C=C\C/C=C\C/C=C\C/C=C\CCCCCCCCCCOCC(COP(=O)(O)OCC(N)C(=O)O)OC(=O)CCCCCCCCC/C=C\C/C=C\CCCCC. The van der Waals surface area contributed by atoms with Gasteiger partial charge in [-0.3, -0.25) is 18.6 Å². The van der Waals surface area contributed by atoms with Gasteiger partial charge in [0.15, 0.2) is 0 Å². The van der Waals surface area contributed by atoms with Crippen LogP contribution in [0.3, 0.4) is 0 Å². The molecule has 0 aromatic carbocycles. The molecule has 10 nitrogen and oxygen atoms in total. The van der Waals surface area contributed by atoms with Crippen molar-refractivity contribution in [3.63, 3.8) is 0 Å². The minimum atomic E-state index is -4.63. The smallest absolute Gasteiger partial charge is 0.472 e. The summed E-state index contributed by atoms with van der Waals surface area (Å²) in [5.74, 6) is -1.79. The number of ether oxygens (including phenoxy) is 2. The summed E-state index contributed by atoms with van der Waals surface area (Å²) >= 11 is 0. The number of rotatable bonds is 46. The second kappa shape index (κ2) is 47.1. The standard InChI is InChI=1S/C52H90NO9P/c1-3-5-7-9-11-13-15-17-19-21-22-23-24-25-26-27-29-31-33-35-37-39-41-43-45-59-46-49(47-60-63(57,58)61-48-50(53)52(55)56)62-51(54)44-42-40-38-36-34-32-30-28-20-18-16-14-12-10-8-6-4-2/h5,7,11-14,17-20,22-23,25-26,49-50H,3-4,6,8-10,15-16,21,24,27-48,53H2,1-2H3,(H,55,56)(H,57,58)/b7-5-,13-11-,14-12-,19-17-,20-18-,23-22-,26-25-. The summed E-state index contributed by atoms with van der Waals surface area (Å²) in [7, 11) is -4.63. The number of aliphatic carboxylic acids is 1. The molecule has 0 rings (SSSR count). The molecule has 63 heavy (non-hydrogen) atoms. The predicted octanol–water partition coefficient (Wildman–Crippen LogP) is 14.3. The number of carbonyl (C=O) groups is 2. The van der Waals surface area contributed by atoms with Crippen molar-refractivity contribution in [1.29, 1.82) is 0 Å². The molecular weight excluding hydrogens is 814 g/mol. The molecule has 0 aromatic heterocycles. The molecule has 0 saturated carbocycles. The molecular formula is C52H90NO9P. The van der Waals surface area contributed by atoms with Crippen LogP contribution in [-0.4, -0.2) is 60.5 Å². The molecule has 0 spiro atoms. The fourth-order valence-electron chi connectivity index (χ4n) is 6.37. The van der Waals surface area contributed by atoms with Crippen LogP contribution < -0.4 is 5.73 Å². The number of unbranched alkanes of at least 4 members (excludes halogenated alkanes) is 18. The summed E-state index contributed by atoms with van der Waals surface area (Å²) < 4.78 is 33.5. The quantitative estimate of drug-likeness (QED) is 0.0233. The fraction of sp³-hybridized carbons (Fsp3) is 0.692.